The fourth-order valence-corrected chi connectivity index (χ4v) is 2.15. The van der Waals surface area contributed by atoms with Crippen LogP contribution < -0.4 is 10.1 Å². The van der Waals surface area contributed by atoms with Crippen molar-refractivity contribution in [3.05, 3.63) is 35.2 Å². The predicted molar refractivity (Wildman–Crippen MR) is 79.0 cm³/mol. The van der Waals surface area contributed by atoms with Crippen LogP contribution in [0.15, 0.2) is 23.8 Å². The molecule has 0 aromatic heterocycles. The number of rotatable bonds is 5. The van der Waals surface area contributed by atoms with E-state index in [1.807, 2.05) is 0 Å². The molecule has 0 bridgehead atoms. The third-order valence-electron chi connectivity index (χ3n) is 3.39. The summed E-state index contributed by atoms with van der Waals surface area (Å²) in [6.07, 6.45) is 1.87. The number of carboxylic acids is 1. The van der Waals surface area contributed by atoms with Crippen molar-refractivity contribution in [1.29, 1.82) is 0 Å². The lowest BCUT2D eigenvalue weighted by Gasteiger charge is -2.27. The van der Waals surface area contributed by atoms with Gasteiger partial charge in [0.25, 0.3) is 5.91 Å². The molecule has 22 heavy (non-hydrogen) atoms. The van der Waals surface area contributed by atoms with Gasteiger partial charge in [-0.2, -0.15) is 0 Å². The van der Waals surface area contributed by atoms with Crippen molar-refractivity contribution in [2.45, 2.75) is 32.2 Å². The van der Waals surface area contributed by atoms with Crippen LogP contribution in [0.2, 0.25) is 0 Å². The van der Waals surface area contributed by atoms with Crippen LogP contribution in [0.4, 0.5) is 4.39 Å². The normalized spacial score (nSPS) is 13.7. The topological polar surface area (TPSA) is 75.6 Å². The van der Waals surface area contributed by atoms with Gasteiger partial charge in [-0.3, -0.25) is 9.59 Å². The Morgan fingerprint density at radius 1 is 1.41 bits per heavy atom. The fraction of sp³-hybridized carbons (Fsp3) is 0.375. The summed E-state index contributed by atoms with van der Waals surface area (Å²) in [5.41, 5.74) is 0.236. The van der Waals surface area contributed by atoms with Crippen molar-refractivity contribution in [3.63, 3.8) is 0 Å². The van der Waals surface area contributed by atoms with Gasteiger partial charge in [-0.05, 0) is 44.5 Å². The number of aliphatic carboxylic acids is 1. The average molecular weight is 307 g/mol. The van der Waals surface area contributed by atoms with Crippen LogP contribution in [-0.2, 0) is 9.59 Å². The number of hydrogen-bond acceptors (Lipinski definition) is 3. The van der Waals surface area contributed by atoms with Crippen molar-refractivity contribution in [2.24, 2.45) is 0 Å². The van der Waals surface area contributed by atoms with Crippen LogP contribution in [0.25, 0.3) is 6.08 Å². The zero-order chi connectivity index (χ0) is 16.3. The minimum atomic E-state index is -0.910. The molecule has 1 heterocycles. The van der Waals surface area contributed by atoms with Crippen LogP contribution in [0.1, 0.15) is 32.3 Å². The fourth-order valence-electron chi connectivity index (χ4n) is 2.15. The van der Waals surface area contributed by atoms with E-state index >= 15 is 0 Å². The van der Waals surface area contributed by atoms with E-state index in [9.17, 15) is 14.0 Å². The van der Waals surface area contributed by atoms with E-state index in [2.05, 4.69) is 5.32 Å². The molecule has 0 radical (unpaired) electrons. The smallest absolute Gasteiger partial charge is 0.303 e. The molecule has 1 aliphatic rings. The molecule has 2 N–H and O–H groups in total. The number of benzene rings is 1. The minimum absolute atomic E-state index is 0.0309. The molecule has 1 aromatic rings. The summed E-state index contributed by atoms with van der Waals surface area (Å²) in [5.74, 6) is -1.12. The maximum atomic E-state index is 13.2. The van der Waals surface area contributed by atoms with E-state index in [0.717, 1.165) is 0 Å². The lowest BCUT2D eigenvalue weighted by Crippen LogP contribution is -2.45. The van der Waals surface area contributed by atoms with E-state index in [-0.39, 0.29) is 18.9 Å². The first-order chi connectivity index (χ1) is 10.3. The molecule has 5 nitrogen and oxygen atoms in total. The van der Waals surface area contributed by atoms with Crippen molar-refractivity contribution in [2.75, 3.05) is 6.61 Å². The molecule has 0 saturated carbocycles. The predicted octanol–water partition coefficient (Wildman–Crippen LogP) is 2.36. The van der Waals surface area contributed by atoms with E-state index < -0.39 is 17.3 Å². The average Bonchev–Trinajstić information content (AvgIpc) is 2.44. The Morgan fingerprint density at radius 3 is 2.82 bits per heavy atom. The number of halogens is 1. The zero-order valence-electron chi connectivity index (χ0n) is 12.5. The van der Waals surface area contributed by atoms with Gasteiger partial charge in [0, 0.05) is 17.5 Å². The maximum Gasteiger partial charge on any atom is 0.303 e. The van der Waals surface area contributed by atoms with Crippen LogP contribution in [0, 0.1) is 5.82 Å². The number of ether oxygens (including phenoxy) is 1. The van der Waals surface area contributed by atoms with Crippen LogP contribution in [0.3, 0.4) is 0 Å². The standard InChI is InChI=1S/C16H18FNO4/c1-16(2,6-5-14(19)20)18-15(21)11-7-10-8-12(17)3-4-13(10)22-9-11/h3-4,7-8H,5-6,9H2,1-2H3,(H,18,21)(H,19,20). The van der Waals surface area contributed by atoms with Gasteiger partial charge in [-0.15, -0.1) is 0 Å². The third-order valence-corrected chi connectivity index (χ3v) is 3.39. The molecule has 1 aromatic carbocycles. The van der Waals surface area contributed by atoms with Gasteiger partial charge in [-0.1, -0.05) is 0 Å². The highest BCUT2D eigenvalue weighted by atomic mass is 19.1. The Kier molecular flexibility index (Phi) is 4.49. The van der Waals surface area contributed by atoms with Gasteiger partial charge in [0.1, 0.15) is 18.2 Å². The highest BCUT2D eigenvalue weighted by Crippen LogP contribution is 2.27. The summed E-state index contributed by atoms with van der Waals surface area (Å²) in [4.78, 5) is 22.9. The number of hydrogen-bond donors (Lipinski definition) is 2. The third kappa shape index (κ3) is 4.07. The van der Waals surface area contributed by atoms with Crippen LogP contribution in [-0.4, -0.2) is 29.1 Å². The highest BCUT2D eigenvalue weighted by Gasteiger charge is 2.25. The summed E-state index contributed by atoms with van der Waals surface area (Å²) < 4.78 is 18.7. The van der Waals surface area contributed by atoms with Gasteiger partial charge < -0.3 is 15.2 Å². The molecular formula is C16H18FNO4. The molecule has 0 atom stereocenters. The molecule has 0 fully saturated rings. The van der Waals surface area contributed by atoms with Gasteiger partial charge in [-0.25, -0.2) is 4.39 Å². The van der Waals surface area contributed by atoms with Gasteiger partial charge in [0.15, 0.2) is 0 Å². The van der Waals surface area contributed by atoms with Crippen molar-refractivity contribution >= 4 is 18.0 Å². The van der Waals surface area contributed by atoms with Crippen molar-refractivity contribution < 1.29 is 23.8 Å². The summed E-state index contributed by atoms with van der Waals surface area (Å²) in [6, 6.07) is 4.12. The van der Waals surface area contributed by atoms with Crippen molar-refractivity contribution in [1.82, 2.24) is 5.32 Å². The first-order valence-corrected chi connectivity index (χ1v) is 6.94. The number of fused-ring (bicyclic) bond motifs is 1. The molecule has 1 aliphatic heterocycles. The molecule has 0 unspecified atom stereocenters. The Labute approximate surface area is 127 Å². The van der Waals surface area contributed by atoms with E-state index in [1.54, 1.807) is 19.9 Å². The molecule has 2 rings (SSSR count). The van der Waals surface area contributed by atoms with Crippen LogP contribution in [0.5, 0.6) is 5.75 Å². The molecule has 6 heteroatoms. The minimum Gasteiger partial charge on any atom is -0.488 e. The number of nitrogens with one attached hydrogen (secondary N) is 1. The Hall–Kier alpha value is -2.37. The van der Waals surface area contributed by atoms with Crippen LogP contribution >= 0.6 is 0 Å². The summed E-state index contributed by atoms with van der Waals surface area (Å²) >= 11 is 0. The molecule has 1 amide bonds. The Morgan fingerprint density at radius 2 is 2.14 bits per heavy atom. The quantitative estimate of drug-likeness (QED) is 0.875. The monoisotopic (exact) mass is 307 g/mol. The van der Waals surface area contributed by atoms with Gasteiger partial charge in [0.2, 0.25) is 0 Å². The molecule has 0 saturated heterocycles. The van der Waals surface area contributed by atoms with Gasteiger partial charge >= 0.3 is 5.97 Å². The highest BCUT2D eigenvalue weighted by molar-refractivity contribution is 5.99. The summed E-state index contributed by atoms with van der Waals surface area (Å²) in [6.45, 7) is 3.61. The second-order valence-corrected chi connectivity index (χ2v) is 5.87. The summed E-state index contributed by atoms with van der Waals surface area (Å²) in [5, 5.41) is 11.5. The second-order valence-electron chi connectivity index (χ2n) is 5.87. The van der Waals surface area contributed by atoms with E-state index in [0.29, 0.717) is 23.3 Å². The zero-order valence-corrected chi connectivity index (χ0v) is 12.5. The van der Waals surface area contributed by atoms with E-state index in [1.165, 1.54) is 18.2 Å². The first kappa shape index (κ1) is 16.0. The number of carboxylic acid groups (broad SMARTS) is 1. The number of amides is 1. The first-order valence-electron chi connectivity index (χ1n) is 6.94. The Bertz CT molecular complexity index is 637. The van der Waals surface area contributed by atoms with Crippen molar-refractivity contribution in [3.8, 4) is 5.75 Å². The largest absolute Gasteiger partial charge is 0.488 e. The second kappa shape index (κ2) is 6.17. The molecular weight excluding hydrogens is 289 g/mol. The SMILES string of the molecule is CC(C)(CCC(=O)O)NC(=O)C1=Cc2cc(F)ccc2OC1. The lowest BCUT2D eigenvalue weighted by molar-refractivity contribution is -0.137. The number of carbonyl (C=O) groups excluding carboxylic acids is 1. The molecule has 0 aliphatic carbocycles. The van der Waals surface area contributed by atoms with Gasteiger partial charge in [0.05, 0.1) is 5.57 Å². The lowest BCUT2D eigenvalue weighted by atomic mass is 9.97. The van der Waals surface area contributed by atoms with E-state index in [4.69, 9.17) is 9.84 Å². The molecule has 118 valence electrons. The Balaban J connectivity index is 2.08. The molecule has 0 spiro atoms. The maximum absolute atomic E-state index is 13.2. The summed E-state index contributed by atoms with van der Waals surface area (Å²) in [7, 11) is 0. The number of carbonyl (C=O) groups is 2.